The Hall–Kier alpha value is -1.47. The Balaban J connectivity index is 2.43. The van der Waals surface area contributed by atoms with Gasteiger partial charge in [0.05, 0.1) is 5.69 Å². The first-order valence-corrected chi connectivity index (χ1v) is 7.80. The Bertz CT molecular complexity index is 743. The Morgan fingerprint density at radius 3 is 2.45 bits per heavy atom. The minimum Gasteiger partial charge on any atom is -0.279 e. The van der Waals surface area contributed by atoms with Crippen LogP contribution in [0.1, 0.15) is 5.56 Å². The highest BCUT2D eigenvalue weighted by molar-refractivity contribution is 9.10. The minimum atomic E-state index is -4.19. The standard InChI is InChI=1S/C13H10BrF2NO2S/c1-8-4-9(14)6-11(5-8)17-20(18,19)13-7-10(15)2-3-12(13)16/h2-7,17H,1H3. The molecule has 2 aromatic rings. The number of sulfonamides is 1. The van der Waals surface area contributed by atoms with E-state index in [1.165, 1.54) is 6.07 Å². The molecule has 106 valence electrons. The predicted molar refractivity (Wildman–Crippen MR) is 76.0 cm³/mol. The fourth-order valence-electron chi connectivity index (χ4n) is 1.69. The number of rotatable bonds is 3. The largest absolute Gasteiger partial charge is 0.279 e. The molecule has 0 atom stereocenters. The number of hydrogen-bond acceptors (Lipinski definition) is 2. The average molecular weight is 362 g/mol. The summed E-state index contributed by atoms with van der Waals surface area (Å²) in [5.74, 6) is -1.83. The fraction of sp³-hybridized carbons (Fsp3) is 0.0769. The molecule has 0 aliphatic carbocycles. The monoisotopic (exact) mass is 361 g/mol. The van der Waals surface area contributed by atoms with E-state index in [-0.39, 0.29) is 5.69 Å². The first-order chi connectivity index (χ1) is 9.28. The second-order valence-electron chi connectivity index (χ2n) is 4.20. The zero-order valence-electron chi connectivity index (χ0n) is 10.3. The normalized spacial score (nSPS) is 11.4. The average Bonchev–Trinajstić information content (AvgIpc) is 2.30. The molecule has 20 heavy (non-hydrogen) atoms. The molecule has 0 heterocycles. The van der Waals surface area contributed by atoms with Crippen LogP contribution in [-0.2, 0) is 10.0 Å². The van der Waals surface area contributed by atoms with E-state index in [2.05, 4.69) is 20.7 Å². The summed E-state index contributed by atoms with van der Waals surface area (Å²) >= 11 is 3.23. The summed E-state index contributed by atoms with van der Waals surface area (Å²) < 4.78 is 53.6. The van der Waals surface area contributed by atoms with Crippen LogP contribution < -0.4 is 4.72 Å². The van der Waals surface area contributed by atoms with Crippen molar-refractivity contribution in [3.05, 3.63) is 58.1 Å². The maximum absolute atomic E-state index is 13.5. The molecule has 0 spiro atoms. The van der Waals surface area contributed by atoms with Gasteiger partial charge in [-0.1, -0.05) is 15.9 Å². The van der Waals surface area contributed by atoms with Crippen LogP contribution in [0.4, 0.5) is 14.5 Å². The quantitative estimate of drug-likeness (QED) is 0.902. The van der Waals surface area contributed by atoms with Crippen molar-refractivity contribution in [3.63, 3.8) is 0 Å². The predicted octanol–water partition coefficient (Wildman–Crippen LogP) is 3.84. The highest BCUT2D eigenvalue weighted by Gasteiger charge is 2.20. The molecule has 0 saturated carbocycles. The molecular weight excluding hydrogens is 352 g/mol. The lowest BCUT2D eigenvalue weighted by Gasteiger charge is -2.10. The number of hydrogen-bond donors (Lipinski definition) is 1. The van der Waals surface area contributed by atoms with E-state index in [0.717, 1.165) is 17.7 Å². The van der Waals surface area contributed by atoms with Gasteiger partial charge in [-0.25, -0.2) is 17.2 Å². The second-order valence-corrected chi connectivity index (χ2v) is 6.76. The molecule has 0 fully saturated rings. The highest BCUT2D eigenvalue weighted by atomic mass is 79.9. The van der Waals surface area contributed by atoms with Crippen LogP contribution in [0.25, 0.3) is 0 Å². The lowest BCUT2D eigenvalue weighted by atomic mass is 10.2. The summed E-state index contributed by atoms with van der Waals surface area (Å²) in [6.07, 6.45) is 0. The SMILES string of the molecule is Cc1cc(Br)cc(NS(=O)(=O)c2cc(F)ccc2F)c1. The van der Waals surface area contributed by atoms with Crippen LogP contribution in [0.15, 0.2) is 45.8 Å². The lowest BCUT2D eigenvalue weighted by molar-refractivity contribution is 0.555. The molecule has 2 aromatic carbocycles. The lowest BCUT2D eigenvalue weighted by Crippen LogP contribution is -2.15. The van der Waals surface area contributed by atoms with Gasteiger partial charge in [0.2, 0.25) is 0 Å². The molecule has 1 N–H and O–H groups in total. The fourth-order valence-corrected chi connectivity index (χ4v) is 3.43. The number of halogens is 3. The molecule has 0 aliphatic rings. The van der Waals surface area contributed by atoms with Crippen LogP contribution in [0.2, 0.25) is 0 Å². The van der Waals surface area contributed by atoms with Crippen molar-refractivity contribution in [1.82, 2.24) is 0 Å². The molecule has 3 nitrogen and oxygen atoms in total. The summed E-state index contributed by atoms with van der Waals surface area (Å²) in [7, 11) is -4.19. The van der Waals surface area contributed by atoms with E-state index < -0.39 is 26.6 Å². The summed E-state index contributed by atoms with van der Waals surface area (Å²) in [4.78, 5) is -0.727. The Kier molecular flexibility index (Phi) is 4.10. The molecule has 0 amide bonds. The van der Waals surface area contributed by atoms with Crippen molar-refractivity contribution in [2.75, 3.05) is 4.72 Å². The number of nitrogens with one attached hydrogen (secondary N) is 1. The summed E-state index contributed by atoms with van der Waals surface area (Å²) in [5, 5.41) is 0. The van der Waals surface area contributed by atoms with E-state index in [1.807, 2.05) is 0 Å². The van der Waals surface area contributed by atoms with E-state index in [0.29, 0.717) is 10.5 Å². The molecule has 7 heteroatoms. The summed E-state index contributed by atoms with van der Waals surface area (Å²) in [6, 6.07) is 7.18. The van der Waals surface area contributed by atoms with Gasteiger partial charge >= 0.3 is 0 Å². The van der Waals surface area contributed by atoms with Crippen molar-refractivity contribution in [3.8, 4) is 0 Å². The van der Waals surface area contributed by atoms with Crippen LogP contribution >= 0.6 is 15.9 Å². The van der Waals surface area contributed by atoms with Crippen LogP contribution in [-0.4, -0.2) is 8.42 Å². The third kappa shape index (κ3) is 3.34. The molecule has 0 bridgehead atoms. The van der Waals surface area contributed by atoms with E-state index in [1.54, 1.807) is 19.1 Å². The zero-order valence-corrected chi connectivity index (χ0v) is 12.7. The van der Waals surface area contributed by atoms with Gasteiger partial charge in [-0.05, 0) is 48.9 Å². The Morgan fingerprint density at radius 1 is 1.10 bits per heavy atom. The first-order valence-electron chi connectivity index (χ1n) is 5.53. The van der Waals surface area contributed by atoms with Gasteiger partial charge in [-0.3, -0.25) is 4.72 Å². The van der Waals surface area contributed by atoms with Crippen LogP contribution in [0, 0.1) is 18.6 Å². The van der Waals surface area contributed by atoms with Gasteiger partial charge < -0.3 is 0 Å². The maximum atomic E-state index is 13.5. The maximum Gasteiger partial charge on any atom is 0.264 e. The number of aryl methyl sites for hydroxylation is 1. The molecule has 0 saturated heterocycles. The van der Waals surface area contributed by atoms with Gasteiger partial charge in [-0.2, -0.15) is 0 Å². The Labute approximate surface area is 123 Å². The summed E-state index contributed by atoms with van der Waals surface area (Å²) in [6.45, 7) is 1.78. The van der Waals surface area contributed by atoms with Crippen LogP contribution in [0.3, 0.4) is 0 Å². The van der Waals surface area contributed by atoms with Crippen LogP contribution in [0.5, 0.6) is 0 Å². The van der Waals surface area contributed by atoms with Crippen molar-refractivity contribution < 1.29 is 17.2 Å². The van der Waals surface area contributed by atoms with Gasteiger partial charge in [0, 0.05) is 4.47 Å². The minimum absolute atomic E-state index is 0.264. The highest BCUT2D eigenvalue weighted by Crippen LogP contribution is 2.23. The van der Waals surface area contributed by atoms with E-state index >= 15 is 0 Å². The molecule has 0 aromatic heterocycles. The smallest absolute Gasteiger partial charge is 0.264 e. The van der Waals surface area contributed by atoms with Crippen molar-refractivity contribution >= 4 is 31.6 Å². The van der Waals surface area contributed by atoms with Gasteiger partial charge in [0.15, 0.2) is 0 Å². The number of benzene rings is 2. The third-order valence-corrected chi connectivity index (χ3v) is 4.33. The van der Waals surface area contributed by atoms with E-state index in [9.17, 15) is 17.2 Å². The Morgan fingerprint density at radius 2 is 1.80 bits per heavy atom. The number of anilines is 1. The topological polar surface area (TPSA) is 46.2 Å². The van der Waals surface area contributed by atoms with Gasteiger partial charge in [0.1, 0.15) is 16.5 Å². The molecule has 0 radical (unpaired) electrons. The molecule has 0 aliphatic heterocycles. The van der Waals surface area contributed by atoms with Gasteiger partial charge in [0.25, 0.3) is 10.0 Å². The third-order valence-electron chi connectivity index (χ3n) is 2.48. The molecule has 0 unspecified atom stereocenters. The van der Waals surface area contributed by atoms with E-state index in [4.69, 9.17) is 0 Å². The first kappa shape index (κ1) is 14.9. The zero-order chi connectivity index (χ0) is 14.9. The molecular formula is C13H10BrF2NO2S. The molecule has 2 rings (SSSR count). The van der Waals surface area contributed by atoms with Crippen molar-refractivity contribution in [2.24, 2.45) is 0 Å². The summed E-state index contributed by atoms with van der Waals surface area (Å²) in [5.41, 5.74) is 1.08. The van der Waals surface area contributed by atoms with Crippen molar-refractivity contribution in [2.45, 2.75) is 11.8 Å². The van der Waals surface area contributed by atoms with Crippen molar-refractivity contribution in [1.29, 1.82) is 0 Å². The second kappa shape index (κ2) is 5.49. The van der Waals surface area contributed by atoms with Gasteiger partial charge in [-0.15, -0.1) is 0 Å².